The molecule has 134 valence electrons. The molecule has 2 aliphatic rings. The molecule has 0 spiro atoms. The molecule has 0 N–H and O–H groups in total. The number of morpholine rings is 1. The number of hydrogen-bond acceptors (Lipinski definition) is 4. The first-order chi connectivity index (χ1) is 12.7. The molecule has 4 rings (SSSR count). The second-order valence-corrected chi connectivity index (χ2v) is 6.81. The molecule has 2 amide bonds. The Morgan fingerprint density at radius 2 is 1.58 bits per heavy atom. The number of benzene rings is 2. The molecule has 2 aromatic carbocycles. The van der Waals surface area contributed by atoms with E-state index in [1.165, 1.54) is 10.5 Å². The highest BCUT2D eigenvalue weighted by Crippen LogP contribution is 2.23. The predicted octanol–water partition coefficient (Wildman–Crippen LogP) is 2.57. The molecule has 0 radical (unpaired) electrons. The van der Waals surface area contributed by atoms with Crippen LogP contribution in [-0.4, -0.2) is 54.0 Å². The lowest BCUT2D eigenvalue weighted by atomic mass is 10.1. The van der Waals surface area contributed by atoms with Crippen molar-refractivity contribution in [1.29, 1.82) is 0 Å². The molecule has 0 saturated carbocycles. The van der Waals surface area contributed by atoms with Gasteiger partial charge in [0.2, 0.25) is 0 Å². The van der Waals surface area contributed by atoms with Crippen LogP contribution >= 0.6 is 0 Å². The Morgan fingerprint density at radius 3 is 2.27 bits per heavy atom. The van der Waals surface area contributed by atoms with Crippen LogP contribution in [0.5, 0.6) is 0 Å². The molecule has 5 nitrogen and oxygen atoms in total. The Hall–Kier alpha value is -2.50. The molecule has 1 unspecified atom stereocenters. The number of rotatable bonds is 5. The second-order valence-electron chi connectivity index (χ2n) is 6.81. The van der Waals surface area contributed by atoms with E-state index in [9.17, 15) is 9.59 Å². The van der Waals surface area contributed by atoms with Crippen LogP contribution in [0.4, 0.5) is 0 Å². The Kier molecular flexibility index (Phi) is 4.82. The average molecular weight is 350 g/mol. The SMILES string of the molecule is O=C1c2ccccc2C(=O)N1CCC1CN(Cc2ccccc2)CCO1. The number of fused-ring (bicyclic) bond motifs is 1. The van der Waals surface area contributed by atoms with Crippen LogP contribution in [0.3, 0.4) is 0 Å². The molecule has 0 aromatic heterocycles. The molecule has 2 aliphatic heterocycles. The third kappa shape index (κ3) is 3.41. The van der Waals surface area contributed by atoms with E-state index in [-0.39, 0.29) is 17.9 Å². The highest BCUT2D eigenvalue weighted by Gasteiger charge is 2.35. The number of ether oxygens (including phenoxy) is 1. The quantitative estimate of drug-likeness (QED) is 0.778. The van der Waals surface area contributed by atoms with Crippen LogP contribution in [0.1, 0.15) is 32.7 Å². The first kappa shape index (κ1) is 16.9. The molecule has 26 heavy (non-hydrogen) atoms. The number of imide groups is 1. The highest BCUT2D eigenvalue weighted by molar-refractivity contribution is 6.21. The smallest absolute Gasteiger partial charge is 0.261 e. The Balaban J connectivity index is 1.34. The minimum absolute atomic E-state index is 0.0387. The zero-order chi connectivity index (χ0) is 17.9. The standard InChI is InChI=1S/C21H22N2O3/c24-20-18-8-4-5-9-19(18)21(25)23(20)11-10-17-15-22(12-13-26-17)14-16-6-2-1-3-7-16/h1-9,17H,10-15H2. The number of hydrogen-bond donors (Lipinski definition) is 0. The van der Waals surface area contributed by atoms with Crippen LogP contribution < -0.4 is 0 Å². The van der Waals surface area contributed by atoms with Gasteiger partial charge in [0.05, 0.1) is 23.8 Å². The molecular formula is C21H22N2O3. The normalized spacial score (nSPS) is 20.5. The van der Waals surface area contributed by atoms with Crippen LogP contribution in [0.2, 0.25) is 0 Å². The zero-order valence-corrected chi connectivity index (χ0v) is 14.6. The van der Waals surface area contributed by atoms with Gasteiger partial charge in [-0.1, -0.05) is 42.5 Å². The van der Waals surface area contributed by atoms with E-state index >= 15 is 0 Å². The van der Waals surface area contributed by atoms with E-state index in [0.29, 0.717) is 30.7 Å². The van der Waals surface area contributed by atoms with Gasteiger partial charge in [0, 0.05) is 26.2 Å². The fourth-order valence-electron chi connectivity index (χ4n) is 3.66. The first-order valence-electron chi connectivity index (χ1n) is 9.05. The lowest BCUT2D eigenvalue weighted by Crippen LogP contribution is -2.43. The van der Waals surface area contributed by atoms with Gasteiger partial charge in [0.1, 0.15) is 0 Å². The van der Waals surface area contributed by atoms with Gasteiger partial charge >= 0.3 is 0 Å². The second kappa shape index (κ2) is 7.40. The molecule has 1 atom stereocenters. The summed E-state index contributed by atoms with van der Waals surface area (Å²) in [6.07, 6.45) is 0.702. The Labute approximate surface area is 153 Å². The van der Waals surface area contributed by atoms with Crippen LogP contribution in [0.25, 0.3) is 0 Å². The van der Waals surface area contributed by atoms with E-state index in [1.54, 1.807) is 24.3 Å². The van der Waals surface area contributed by atoms with Crippen molar-refractivity contribution in [2.24, 2.45) is 0 Å². The number of nitrogens with zero attached hydrogens (tertiary/aromatic N) is 2. The van der Waals surface area contributed by atoms with Crippen molar-refractivity contribution in [2.75, 3.05) is 26.2 Å². The Morgan fingerprint density at radius 1 is 0.923 bits per heavy atom. The number of carbonyl (C=O) groups excluding carboxylic acids is 2. The third-order valence-electron chi connectivity index (χ3n) is 5.02. The lowest BCUT2D eigenvalue weighted by molar-refractivity contribution is -0.0367. The summed E-state index contributed by atoms with van der Waals surface area (Å²) >= 11 is 0. The maximum atomic E-state index is 12.4. The van der Waals surface area contributed by atoms with Crippen molar-refractivity contribution >= 4 is 11.8 Å². The maximum Gasteiger partial charge on any atom is 0.261 e. The van der Waals surface area contributed by atoms with Gasteiger partial charge in [-0.2, -0.15) is 0 Å². The first-order valence-corrected chi connectivity index (χ1v) is 9.05. The fraction of sp³-hybridized carbons (Fsp3) is 0.333. The van der Waals surface area contributed by atoms with E-state index in [4.69, 9.17) is 4.74 Å². The van der Waals surface area contributed by atoms with E-state index in [1.807, 2.05) is 6.07 Å². The van der Waals surface area contributed by atoms with E-state index in [0.717, 1.165) is 19.6 Å². The van der Waals surface area contributed by atoms with E-state index < -0.39 is 0 Å². The van der Waals surface area contributed by atoms with Crippen molar-refractivity contribution in [3.05, 3.63) is 71.3 Å². The van der Waals surface area contributed by atoms with Gasteiger partial charge in [-0.15, -0.1) is 0 Å². The number of amides is 2. The molecule has 1 fully saturated rings. The summed E-state index contributed by atoms with van der Waals surface area (Å²) in [5.74, 6) is -0.384. The summed E-state index contributed by atoms with van der Waals surface area (Å²) in [5.41, 5.74) is 2.30. The van der Waals surface area contributed by atoms with Gasteiger partial charge in [-0.25, -0.2) is 0 Å². The molecule has 1 saturated heterocycles. The van der Waals surface area contributed by atoms with Gasteiger partial charge in [-0.05, 0) is 24.1 Å². The molecule has 5 heteroatoms. The zero-order valence-electron chi connectivity index (χ0n) is 14.6. The number of carbonyl (C=O) groups is 2. The van der Waals surface area contributed by atoms with Crippen LogP contribution in [-0.2, 0) is 11.3 Å². The maximum absolute atomic E-state index is 12.4. The van der Waals surface area contributed by atoms with Crippen molar-refractivity contribution in [1.82, 2.24) is 9.80 Å². The van der Waals surface area contributed by atoms with Gasteiger partial charge in [0.25, 0.3) is 11.8 Å². The predicted molar refractivity (Wildman–Crippen MR) is 97.9 cm³/mol. The monoisotopic (exact) mass is 350 g/mol. The highest BCUT2D eigenvalue weighted by atomic mass is 16.5. The molecular weight excluding hydrogens is 328 g/mol. The van der Waals surface area contributed by atoms with Crippen molar-refractivity contribution in [3.63, 3.8) is 0 Å². The van der Waals surface area contributed by atoms with Crippen LogP contribution in [0.15, 0.2) is 54.6 Å². The fourth-order valence-corrected chi connectivity index (χ4v) is 3.66. The van der Waals surface area contributed by atoms with Crippen molar-refractivity contribution in [2.45, 2.75) is 19.1 Å². The molecule has 2 aromatic rings. The summed E-state index contributed by atoms with van der Waals surface area (Å²) in [4.78, 5) is 28.6. The summed E-state index contributed by atoms with van der Waals surface area (Å²) in [6, 6.07) is 17.4. The lowest BCUT2D eigenvalue weighted by Gasteiger charge is -2.33. The average Bonchev–Trinajstić information content (AvgIpc) is 2.92. The Bertz CT molecular complexity index is 771. The molecule has 2 heterocycles. The van der Waals surface area contributed by atoms with Gasteiger partial charge in [-0.3, -0.25) is 19.4 Å². The van der Waals surface area contributed by atoms with Gasteiger partial charge in [0.15, 0.2) is 0 Å². The third-order valence-corrected chi connectivity index (χ3v) is 5.02. The molecule has 0 bridgehead atoms. The topological polar surface area (TPSA) is 49.9 Å². The summed E-state index contributed by atoms with van der Waals surface area (Å²) in [7, 11) is 0. The van der Waals surface area contributed by atoms with Crippen molar-refractivity contribution in [3.8, 4) is 0 Å². The van der Waals surface area contributed by atoms with E-state index in [2.05, 4.69) is 29.2 Å². The summed E-state index contributed by atoms with van der Waals surface area (Å²) in [6.45, 7) is 3.69. The molecule has 0 aliphatic carbocycles. The minimum atomic E-state index is -0.192. The van der Waals surface area contributed by atoms with Crippen molar-refractivity contribution < 1.29 is 14.3 Å². The van der Waals surface area contributed by atoms with Gasteiger partial charge < -0.3 is 4.74 Å². The summed E-state index contributed by atoms with van der Waals surface area (Å²) < 4.78 is 5.86. The largest absolute Gasteiger partial charge is 0.375 e. The minimum Gasteiger partial charge on any atom is -0.375 e. The summed E-state index contributed by atoms with van der Waals surface area (Å²) in [5, 5.41) is 0. The van der Waals surface area contributed by atoms with Crippen LogP contribution in [0, 0.1) is 0 Å².